The lowest BCUT2D eigenvalue weighted by molar-refractivity contribution is 0.0947. The third kappa shape index (κ3) is 25.1. The molecule has 0 aliphatic heterocycles. The first-order chi connectivity index (χ1) is 58.1. The summed E-state index contributed by atoms with van der Waals surface area (Å²) in [5.74, 6) is -1.61. The van der Waals surface area contributed by atoms with Gasteiger partial charge >= 0.3 is 0 Å². The van der Waals surface area contributed by atoms with Gasteiger partial charge in [0.15, 0.2) is 5.75 Å². The summed E-state index contributed by atoms with van der Waals surface area (Å²) in [5.41, 5.74) is 18.5. The molecule has 13 rings (SSSR count). The van der Waals surface area contributed by atoms with E-state index in [4.69, 9.17) is 84.6 Å². The monoisotopic (exact) mass is 1720 g/mol. The van der Waals surface area contributed by atoms with E-state index >= 15 is 0 Å². The first-order valence-corrected chi connectivity index (χ1v) is 39.4. The summed E-state index contributed by atoms with van der Waals surface area (Å²) >= 11 is 35.6. The minimum atomic E-state index is -0.439. The molecule has 1 unspecified atom stereocenters. The highest BCUT2D eigenvalue weighted by Crippen LogP contribution is 2.34. The van der Waals surface area contributed by atoms with Gasteiger partial charge in [-0.05, 0) is 176 Å². The summed E-state index contributed by atoms with van der Waals surface area (Å²) in [4.78, 5) is 48.8. The van der Waals surface area contributed by atoms with Gasteiger partial charge in [0.25, 0.3) is 23.6 Å². The van der Waals surface area contributed by atoms with Gasteiger partial charge in [-0.2, -0.15) is 20.4 Å². The molecule has 0 fully saturated rings. The molecule has 0 saturated carbocycles. The number of fused-ring (bicyclic) bond motifs is 4. The van der Waals surface area contributed by atoms with Crippen LogP contribution in [0, 0.1) is 0 Å². The second-order valence-corrected chi connectivity index (χ2v) is 28.5. The number of hydrogen-bond donors (Lipinski definition) is 11. The number of benzene rings is 13. The number of hydrazone groups is 4. The maximum absolute atomic E-state index is 12.3. The molecule has 11 N–H and O–H groups in total. The Morgan fingerprint density at radius 1 is 0.350 bits per heavy atom. The summed E-state index contributed by atoms with van der Waals surface area (Å²) in [6, 6.07) is 69.1. The summed E-state index contributed by atoms with van der Waals surface area (Å²) < 4.78 is 5.72. The number of nitrogens with zero attached hydrogens (tertiary/aromatic N) is 4. The van der Waals surface area contributed by atoms with Gasteiger partial charge in [-0.3, -0.25) is 19.2 Å². The molecule has 0 aliphatic rings. The minimum Gasteiger partial charge on any atom is -0.506 e. The van der Waals surface area contributed by atoms with E-state index in [1.54, 1.807) is 49.1 Å². The van der Waals surface area contributed by atoms with Crippen molar-refractivity contribution < 1.29 is 59.7 Å². The summed E-state index contributed by atoms with van der Waals surface area (Å²) in [7, 11) is 0. The maximum atomic E-state index is 12.3. The van der Waals surface area contributed by atoms with Crippen molar-refractivity contribution in [1.29, 1.82) is 0 Å². The number of phenols is 4. The van der Waals surface area contributed by atoms with Crippen LogP contribution in [0.3, 0.4) is 0 Å². The molecule has 4 amide bonds. The summed E-state index contributed by atoms with van der Waals surface area (Å²) in [5, 5.41) is 91.1. The number of phenolic OH excluding ortho intramolecular Hbond substituents is 4. The lowest BCUT2D eigenvalue weighted by atomic mass is 9.99. The molecule has 0 spiro atoms. The van der Waals surface area contributed by atoms with Gasteiger partial charge < -0.3 is 40.5 Å². The van der Waals surface area contributed by atoms with Crippen molar-refractivity contribution in [3.63, 3.8) is 0 Å². The number of para-hydroxylation sites is 1. The van der Waals surface area contributed by atoms with Crippen LogP contribution in [-0.4, -0.2) is 110 Å². The Morgan fingerprint density at radius 3 is 0.908 bits per heavy atom. The van der Waals surface area contributed by atoms with Crippen LogP contribution in [0.2, 0.25) is 30.1 Å². The number of carbonyl (C=O) groups is 4. The van der Waals surface area contributed by atoms with E-state index in [0.717, 1.165) is 94.0 Å². The first-order valence-electron chi connectivity index (χ1n) is 37.1. The molecule has 608 valence electrons. The summed E-state index contributed by atoms with van der Waals surface area (Å²) in [6.07, 6.45) is 23.2. The molecule has 120 heavy (non-hydrogen) atoms. The number of aliphatic hydroxyl groups excluding tert-OH is 3. The minimum absolute atomic E-state index is 0.0230. The van der Waals surface area contributed by atoms with Crippen molar-refractivity contribution in [2.75, 3.05) is 19.8 Å². The Balaban J connectivity index is 0.000000169. The molecule has 0 saturated heterocycles. The number of nitrogens with one attached hydrogen (secondary N) is 4. The molecule has 20 nitrogen and oxygen atoms in total. The predicted octanol–water partition coefficient (Wildman–Crippen LogP) is 20.8. The number of halogens is 6. The molecule has 26 heteroatoms. The van der Waals surface area contributed by atoms with Crippen LogP contribution >= 0.6 is 69.6 Å². The predicted molar refractivity (Wildman–Crippen MR) is 486 cm³/mol. The van der Waals surface area contributed by atoms with Crippen molar-refractivity contribution in [2.45, 2.75) is 32.3 Å². The number of hydrogen-bond acceptors (Lipinski definition) is 16. The van der Waals surface area contributed by atoms with Crippen LogP contribution in [0.25, 0.3) is 67.4 Å². The van der Waals surface area contributed by atoms with Gasteiger partial charge in [-0.25, -0.2) is 21.7 Å². The van der Waals surface area contributed by atoms with Crippen LogP contribution in [0.4, 0.5) is 0 Å². The fourth-order valence-corrected chi connectivity index (χ4v) is 13.0. The summed E-state index contributed by atoms with van der Waals surface area (Å²) in [6.45, 7) is 2.35. The van der Waals surface area contributed by atoms with E-state index in [1.807, 2.05) is 195 Å². The van der Waals surface area contributed by atoms with Gasteiger partial charge in [0, 0.05) is 51.1 Å². The average Bonchev–Trinajstić information content (AvgIpc) is 0.813. The van der Waals surface area contributed by atoms with Crippen LogP contribution in [0.15, 0.2) is 281 Å². The quantitative estimate of drug-likeness (QED) is 0.0188. The van der Waals surface area contributed by atoms with Crippen LogP contribution in [0.1, 0.15) is 112 Å². The molecule has 1 atom stereocenters. The van der Waals surface area contributed by atoms with Crippen LogP contribution in [0.5, 0.6) is 28.7 Å². The molecule has 0 aromatic heterocycles. The van der Waals surface area contributed by atoms with Crippen LogP contribution in [-0.2, 0) is 0 Å². The highest BCUT2D eigenvalue weighted by molar-refractivity contribution is 6.37. The fourth-order valence-electron chi connectivity index (χ4n) is 11.8. The van der Waals surface area contributed by atoms with E-state index in [9.17, 15) is 44.7 Å². The lowest BCUT2D eigenvalue weighted by Crippen LogP contribution is -2.17. The maximum Gasteiger partial charge on any atom is 0.271 e. The number of carbonyl (C=O) groups excluding carboxylic acids is 4. The smallest absolute Gasteiger partial charge is 0.271 e. The molecular weight excluding hydrogens is 1650 g/mol. The van der Waals surface area contributed by atoms with Crippen molar-refractivity contribution in [1.82, 2.24) is 21.7 Å². The van der Waals surface area contributed by atoms with E-state index in [1.165, 1.54) is 72.8 Å². The molecular formula is C94H78Cl6N8O12. The second-order valence-electron chi connectivity index (χ2n) is 26.1. The molecule has 0 radical (unpaired) electrons. The van der Waals surface area contributed by atoms with Crippen molar-refractivity contribution in [2.24, 2.45) is 20.4 Å². The molecule has 0 bridgehead atoms. The van der Waals surface area contributed by atoms with Gasteiger partial charge in [0.2, 0.25) is 0 Å². The van der Waals surface area contributed by atoms with Gasteiger partial charge in [0.1, 0.15) is 29.6 Å². The Hall–Kier alpha value is -13.0. The zero-order valence-corrected chi connectivity index (χ0v) is 68.5. The van der Waals surface area contributed by atoms with Gasteiger partial charge in [-0.15, -0.1) is 0 Å². The fraction of sp³-hybridized carbons (Fsp3) is 0.0851. The van der Waals surface area contributed by atoms with Gasteiger partial charge in [0.05, 0.1) is 67.7 Å². The second kappa shape index (κ2) is 45.1. The number of amides is 4. The Bertz CT molecular complexity index is 6110. The SMILES string of the molecule is CCC(O)C/C=C/c1ccc(/C=N/NC(=O)c2ccc(O)c(Cl)c2)c2ccccc12.O=C(N/N=C/c1ccc(/C=C/CCO)c2ccccc12)c1ccc(O)c(Cl)c1.O=C(N/N=C/c1ccc(/C=C/CO)c2ccccc12)c1ccc(O)c(Cl)c1.O=C(N/N=C/c1ccc(/C=C/COc2c(Cl)cccc2Cl)c2ccccc12)c1ccc(O)c(Cl)c1. The van der Waals surface area contributed by atoms with E-state index < -0.39 is 23.6 Å². The molecule has 0 aliphatic carbocycles. The zero-order valence-electron chi connectivity index (χ0n) is 64.0. The molecule has 13 aromatic carbocycles. The van der Waals surface area contributed by atoms with Crippen LogP contribution < -0.4 is 26.4 Å². The molecule has 0 heterocycles. The van der Waals surface area contributed by atoms with Crippen molar-refractivity contribution in [3.8, 4) is 28.7 Å². The highest BCUT2D eigenvalue weighted by atomic mass is 35.5. The normalized spacial score (nSPS) is 11.8. The number of aliphatic hydroxyl groups is 3. The van der Waals surface area contributed by atoms with Crippen molar-refractivity contribution in [3.05, 3.63) is 358 Å². The zero-order chi connectivity index (χ0) is 85.5. The van der Waals surface area contributed by atoms with Gasteiger partial charge in [-0.1, -0.05) is 271 Å². The number of rotatable bonds is 25. The Labute approximate surface area is 720 Å². The standard InChI is InChI=1S/C27H19Cl3N2O3.C24H23ClN2O3.C22H19ClN2O3.C21H17ClN2O3/c28-22-8-3-9-23(29)26(22)35-14-4-5-17-10-11-19(21-7-2-1-6-20(17)21)16-31-32-27(34)18-12-13-25(33)24(30)15-18;1-2-19(28)7-5-6-16-10-11-18(21-9-4-3-8-20(16)21)15-26-27-24(30)17-12-13-23(29)22(25)14-17;23-20-13-16(10-11-21(20)27)22(28)25-24-14-17-9-8-15(5-3-4-12-26)18-6-1-2-7-19(17)18;22-19-12-15(9-10-20(19)26)21(27)24-23-13-16-8-7-14(4-3-11-25)17-5-1-2-6-18(16)17/h1-13,15-16,33H,14H2,(H,32,34);3-6,8-15,19,28-29H,2,7H2,1H3,(H,27,30);1-3,5-11,13-14,26-27H,4,12H2,(H,25,28);1-10,12-13,25-26H,11H2,(H,24,27)/b5-4+,31-16+;6-5+,26-15+;5-3+,24-14+;4-3+,23-13+. The highest BCUT2D eigenvalue weighted by Gasteiger charge is 2.15. The average molecular weight is 1720 g/mol. The Kier molecular flexibility index (Phi) is 33.6. The van der Waals surface area contributed by atoms with Crippen molar-refractivity contribution >= 4 is 185 Å². The number of ether oxygens (including phenoxy) is 1. The first kappa shape index (κ1) is 89.4. The number of aromatic hydroxyl groups is 4. The van der Waals surface area contributed by atoms with E-state index in [0.29, 0.717) is 51.9 Å². The molecule has 13 aromatic rings. The van der Waals surface area contributed by atoms with E-state index in [2.05, 4.69) is 42.1 Å². The third-order valence-electron chi connectivity index (χ3n) is 18.0. The lowest BCUT2D eigenvalue weighted by Gasteiger charge is -2.08. The topological polar surface area (TPSA) is 317 Å². The Morgan fingerprint density at radius 2 is 0.625 bits per heavy atom. The van der Waals surface area contributed by atoms with E-state index in [-0.39, 0.29) is 68.0 Å². The largest absolute Gasteiger partial charge is 0.506 e. The third-order valence-corrected chi connectivity index (χ3v) is 19.8.